The number of rotatable bonds is 4. The van der Waals surface area contributed by atoms with Crippen molar-refractivity contribution in [2.75, 3.05) is 32.7 Å². The zero-order valence-corrected chi connectivity index (χ0v) is 14.9. The first-order valence-corrected chi connectivity index (χ1v) is 9.35. The van der Waals surface area contributed by atoms with Crippen molar-refractivity contribution in [3.05, 3.63) is 35.7 Å². The number of carboxylic acids is 1. The van der Waals surface area contributed by atoms with E-state index < -0.39 is 5.97 Å². The topological polar surface area (TPSA) is 85.3 Å². The first kappa shape index (κ1) is 17.2. The Morgan fingerprint density at radius 1 is 1.15 bits per heavy atom. The highest BCUT2D eigenvalue weighted by molar-refractivity contribution is 5.69. The number of nitrogens with zero attached hydrogens (tertiary/aromatic N) is 4. The number of nitrogens with one attached hydrogen (secondary N) is 1. The van der Waals surface area contributed by atoms with Crippen LogP contribution in [-0.2, 0) is 17.6 Å². The second-order valence-corrected chi connectivity index (χ2v) is 7.25. The van der Waals surface area contributed by atoms with Gasteiger partial charge < -0.3 is 5.11 Å². The van der Waals surface area contributed by atoms with Crippen molar-refractivity contribution in [2.45, 2.75) is 31.7 Å². The van der Waals surface area contributed by atoms with E-state index in [0.717, 1.165) is 56.8 Å². The van der Waals surface area contributed by atoms with Crippen LogP contribution < -0.4 is 0 Å². The van der Waals surface area contributed by atoms with Crippen LogP contribution in [0, 0.1) is 0 Å². The third-order valence-corrected chi connectivity index (χ3v) is 5.67. The Hall–Kier alpha value is -2.25. The molecule has 1 aromatic heterocycles. The number of aromatic nitrogens is 3. The summed E-state index contributed by atoms with van der Waals surface area (Å²) >= 11 is 0. The van der Waals surface area contributed by atoms with Crippen molar-refractivity contribution < 1.29 is 9.90 Å². The summed E-state index contributed by atoms with van der Waals surface area (Å²) in [6.07, 6.45) is 6.06. The molecule has 1 atom stereocenters. The van der Waals surface area contributed by atoms with Crippen LogP contribution in [0.1, 0.15) is 24.0 Å². The number of H-pyrrole nitrogens is 1. The molecule has 0 spiro atoms. The van der Waals surface area contributed by atoms with Crippen LogP contribution >= 0.6 is 0 Å². The minimum Gasteiger partial charge on any atom is -0.480 e. The van der Waals surface area contributed by atoms with Gasteiger partial charge in [-0.2, -0.15) is 5.10 Å². The molecule has 1 saturated heterocycles. The lowest BCUT2D eigenvalue weighted by Gasteiger charge is -2.38. The van der Waals surface area contributed by atoms with Gasteiger partial charge in [-0.25, -0.2) is 4.98 Å². The summed E-state index contributed by atoms with van der Waals surface area (Å²) in [5.74, 6) is 0.0917. The molecule has 0 bridgehead atoms. The number of benzene rings is 1. The number of carboxylic acid groups (broad SMARTS) is 1. The molecule has 1 unspecified atom stereocenters. The predicted molar refractivity (Wildman–Crippen MR) is 97.9 cm³/mol. The highest BCUT2D eigenvalue weighted by Crippen LogP contribution is 2.27. The molecule has 1 aromatic carbocycles. The van der Waals surface area contributed by atoms with Crippen LogP contribution in [0.5, 0.6) is 0 Å². The van der Waals surface area contributed by atoms with Gasteiger partial charge in [0.2, 0.25) is 0 Å². The average molecular weight is 355 g/mol. The molecule has 2 heterocycles. The molecule has 0 amide bonds. The number of hydrogen-bond acceptors (Lipinski definition) is 5. The Kier molecular flexibility index (Phi) is 4.99. The fourth-order valence-corrected chi connectivity index (χ4v) is 4.23. The van der Waals surface area contributed by atoms with Gasteiger partial charge in [-0.3, -0.25) is 19.7 Å². The molecule has 7 nitrogen and oxygen atoms in total. The first-order chi connectivity index (χ1) is 12.7. The summed E-state index contributed by atoms with van der Waals surface area (Å²) in [5, 5.41) is 15.8. The monoisotopic (exact) mass is 355 g/mol. The molecule has 0 saturated carbocycles. The second kappa shape index (κ2) is 7.55. The molecule has 138 valence electrons. The van der Waals surface area contributed by atoms with Crippen molar-refractivity contribution in [1.29, 1.82) is 0 Å². The summed E-state index contributed by atoms with van der Waals surface area (Å²) in [6.45, 7) is 3.81. The summed E-state index contributed by atoms with van der Waals surface area (Å²) in [5.41, 5.74) is 3.97. The Morgan fingerprint density at radius 3 is 2.62 bits per heavy atom. The molecule has 0 radical (unpaired) electrons. The molecule has 26 heavy (non-hydrogen) atoms. The Labute approximate surface area is 153 Å². The van der Waals surface area contributed by atoms with E-state index in [4.69, 9.17) is 5.11 Å². The van der Waals surface area contributed by atoms with E-state index in [2.05, 4.69) is 38.3 Å². The molecule has 1 fully saturated rings. The fourth-order valence-electron chi connectivity index (χ4n) is 4.23. The first-order valence-electron chi connectivity index (χ1n) is 9.35. The zero-order chi connectivity index (χ0) is 17.9. The summed E-state index contributed by atoms with van der Waals surface area (Å²) in [6, 6.07) is 7.20. The maximum atomic E-state index is 10.9. The van der Waals surface area contributed by atoms with Gasteiger partial charge in [0.25, 0.3) is 0 Å². The van der Waals surface area contributed by atoms with E-state index >= 15 is 0 Å². The molecular weight excluding hydrogens is 330 g/mol. The van der Waals surface area contributed by atoms with Crippen LogP contribution in [-0.4, -0.2) is 74.8 Å². The molecule has 7 heteroatoms. The number of aliphatic carboxylic acids is 1. The van der Waals surface area contributed by atoms with Gasteiger partial charge in [-0.05, 0) is 42.9 Å². The minimum atomic E-state index is -0.731. The van der Waals surface area contributed by atoms with Crippen LogP contribution in [0.4, 0.5) is 0 Å². The van der Waals surface area contributed by atoms with Crippen LogP contribution in [0.25, 0.3) is 11.4 Å². The molecule has 2 aliphatic rings. The third kappa shape index (κ3) is 3.78. The summed E-state index contributed by atoms with van der Waals surface area (Å²) in [7, 11) is 0. The molecule has 4 rings (SSSR count). The lowest BCUT2D eigenvalue weighted by Crippen LogP contribution is -2.51. The van der Waals surface area contributed by atoms with E-state index in [1.54, 1.807) is 6.33 Å². The fraction of sp³-hybridized carbons (Fsp3) is 0.526. The largest absolute Gasteiger partial charge is 0.480 e. The highest BCUT2D eigenvalue weighted by Gasteiger charge is 2.26. The van der Waals surface area contributed by atoms with E-state index in [-0.39, 0.29) is 6.54 Å². The van der Waals surface area contributed by atoms with Gasteiger partial charge in [0, 0.05) is 37.8 Å². The number of piperazine rings is 1. The van der Waals surface area contributed by atoms with Crippen molar-refractivity contribution in [2.24, 2.45) is 0 Å². The van der Waals surface area contributed by atoms with Crippen LogP contribution in [0.15, 0.2) is 24.5 Å². The normalized spacial score (nSPS) is 21.9. The average Bonchev–Trinajstić information content (AvgIpc) is 3.09. The van der Waals surface area contributed by atoms with Crippen molar-refractivity contribution in [3.63, 3.8) is 0 Å². The minimum absolute atomic E-state index is 0.161. The number of aromatic amines is 1. The van der Waals surface area contributed by atoms with Gasteiger partial charge in [0.05, 0.1) is 6.54 Å². The molecular formula is C19H25N5O2. The standard InChI is InChI=1S/C19H25N5O2/c25-18(26)12-23-7-9-24(10-8-23)17-5-3-14-1-2-16(11-15(14)4-6-17)19-20-13-21-22-19/h1-2,11,13,17H,3-10,12H2,(H,25,26)(H,20,21,22). The SMILES string of the molecule is O=C(O)CN1CCN(C2CCc3ccc(-c4ncn[nH]4)cc3CC2)CC1. The Morgan fingerprint density at radius 2 is 1.92 bits per heavy atom. The molecule has 1 aliphatic carbocycles. The van der Waals surface area contributed by atoms with Gasteiger partial charge >= 0.3 is 5.97 Å². The maximum Gasteiger partial charge on any atom is 0.317 e. The Balaban J connectivity index is 1.38. The highest BCUT2D eigenvalue weighted by atomic mass is 16.4. The third-order valence-electron chi connectivity index (χ3n) is 5.67. The van der Waals surface area contributed by atoms with Crippen molar-refractivity contribution >= 4 is 5.97 Å². The number of carbonyl (C=O) groups is 1. The van der Waals surface area contributed by atoms with E-state index in [1.807, 2.05) is 4.90 Å². The maximum absolute atomic E-state index is 10.9. The molecule has 2 N–H and O–H groups in total. The second-order valence-electron chi connectivity index (χ2n) is 7.25. The number of aryl methyl sites for hydroxylation is 2. The molecule has 2 aromatic rings. The molecule has 1 aliphatic heterocycles. The van der Waals surface area contributed by atoms with E-state index in [9.17, 15) is 4.79 Å². The summed E-state index contributed by atoms with van der Waals surface area (Å²) in [4.78, 5) is 19.7. The smallest absolute Gasteiger partial charge is 0.317 e. The van der Waals surface area contributed by atoms with Gasteiger partial charge in [0.1, 0.15) is 6.33 Å². The van der Waals surface area contributed by atoms with Crippen molar-refractivity contribution in [1.82, 2.24) is 25.0 Å². The van der Waals surface area contributed by atoms with Gasteiger partial charge in [-0.15, -0.1) is 0 Å². The zero-order valence-electron chi connectivity index (χ0n) is 14.9. The van der Waals surface area contributed by atoms with E-state index in [0.29, 0.717) is 6.04 Å². The van der Waals surface area contributed by atoms with Crippen LogP contribution in [0.3, 0.4) is 0 Å². The summed E-state index contributed by atoms with van der Waals surface area (Å²) < 4.78 is 0. The van der Waals surface area contributed by atoms with Gasteiger partial charge in [-0.1, -0.05) is 12.1 Å². The number of fused-ring (bicyclic) bond motifs is 1. The van der Waals surface area contributed by atoms with Crippen LogP contribution in [0.2, 0.25) is 0 Å². The van der Waals surface area contributed by atoms with Gasteiger partial charge in [0.15, 0.2) is 5.82 Å². The predicted octanol–water partition coefficient (Wildman–Crippen LogP) is 1.42. The van der Waals surface area contributed by atoms with Crippen molar-refractivity contribution in [3.8, 4) is 11.4 Å². The lowest BCUT2D eigenvalue weighted by molar-refractivity contribution is -0.138. The lowest BCUT2D eigenvalue weighted by atomic mass is 10.00. The number of hydrogen-bond donors (Lipinski definition) is 2. The quantitative estimate of drug-likeness (QED) is 0.807. The van der Waals surface area contributed by atoms with E-state index in [1.165, 1.54) is 17.5 Å². The Bertz CT molecular complexity index is 753.